The van der Waals surface area contributed by atoms with Crippen molar-refractivity contribution in [2.24, 2.45) is 5.92 Å². The summed E-state index contributed by atoms with van der Waals surface area (Å²) in [7, 11) is 1.62. The molecule has 1 atom stereocenters. The lowest BCUT2D eigenvalue weighted by molar-refractivity contribution is -0.120. The highest BCUT2D eigenvalue weighted by Gasteiger charge is 2.28. The number of carbonyl (C=O) groups excluding carboxylic acids is 1. The topological polar surface area (TPSA) is 80.5 Å². The first-order chi connectivity index (χ1) is 14.1. The zero-order valence-electron chi connectivity index (χ0n) is 16.0. The molecule has 1 amide bonds. The van der Waals surface area contributed by atoms with Crippen LogP contribution in [0.25, 0.3) is 11.4 Å². The van der Waals surface area contributed by atoms with Crippen LogP contribution in [0.15, 0.2) is 53.1 Å². The standard InChI is InChI=1S/C21H21ClN4O3/c1-28-18-10-4-14(5-11-18)19-24-21(29-25-19)26-12-2-3-15(13-26)20(27)23-17-8-6-16(22)7-9-17/h4-11,15H,2-3,12-13H2,1H3,(H,23,27)/t15-/m0/s1. The zero-order valence-corrected chi connectivity index (χ0v) is 16.7. The third kappa shape index (κ3) is 4.51. The number of methoxy groups -OCH3 is 1. The Hall–Kier alpha value is -3.06. The highest BCUT2D eigenvalue weighted by molar-refractivity contribution is 6.30. The number of aromatic nitrogens is 2. The van der Waals surface area contributed by atoms with Crippen molar-refractivity contribution in [1.82, 2.24) is 10.1 Å². The van der Waals surface area contributed by atoms with E-state index in [1.165, 1.54) is 0 Å². The van der Waals surface area contributed by atoms with Crippen molar-refractivity contribution in [1.29, 1.82) is 0 Å². The van der Waals surface area contributed by atoms with E-state index in [9.17, 15) is 4.79 Å². The molecular formula is C21H21ClN4O3. The van der Waals surface area contributed by atoms with E-state index >= 15 is 0 Å². The number of halogens is 1. The number of hydrogen-bond donors (Lipinski definition) is 1. The molecule has 1 aliphatic heterocycles. The highest BCUT2D eigenvalue weighted by atomic mass is 35.5. The summed E-state index contributed by atoms with van der Waals surface area (Å²) in [5.74, 6) is 1.10. The van der Waals surface area contributed by atoms with Gasteiger partial charge < -0.3 is 19.5 Å². The van der Waals surface area contributed by atoms with Crippen molar-refractivity contribution in [2.75, 3.05) is 30.4 Å². The molecule has 0 bridgehead atoms. The van der Waals surface area contributed by atoms with Crippen LogP contribution >= 0.6 is 11.6 Å². The monoisotopic (exact) mass is 412 g/mol. The summed E-state index contributed by atoms with van der Waals surface area (Å²) in [5.41, 5.74) is 1.57. The number of rotatable bonds is 5. The predicted octanol–water partition coefficient (Wildman–Crippen LogP) is 4.25. The molecule has 0 aliphatic carbocycles. The molecule has 4 rings (SSSR count). The molecule has 2 aromatic carbocycles. The fraction of sp³-hybridized carbons (Fsp3) is 0.286. The fourth-order valence-electron chi connectivity index (χ4n) is 3.34. The van der Waals surface area contributed by atoms with Crippen LogP contribution in [0.5, 0.6) is 5.75 Å². The van der Waals surface area contributed by atoms with Gasteiger partial charge in [0.15, 0.2) is 0 Å². The van der Waals surface area contributed by atoms with Crippen LogP contribution in [0.1, 0.15) is 12.8 Å². The molecule has 0 spiro atoms. The lowest BCUT2D eigenvalue weighted by atomic mass is 9.97. The van der Waals surface area contributed by atoms with Crippen LogP contribution in [0.2, 0.25) is 5.02 Å². The van der Waals surface area contributed by atoms with Gasteiger partial charge in [0, 0.05) is 29.4 Å². The summed E-state index contributed by atoms with van der Waals surface area (Å²) < 4.78 is 10.6. The molecule has 150 valence electrons. The van der Waals surface area contributed by atoms with Crippen LogP contribution in [0.4, 0.5) is 11.7 Å². The Morgan fingerprint density at radius 1 is 1.21 bits per heavy atom. The normalized spacial score (nSPS) is 16.5. The lowest BCUT2D eigenvalue weighted by Crippen LogP contribution is -2.41. The molecule has 7 nitrogen and oxygen atoms in total. The first kappa shape index (κ1) is 19.3. The van der Waals surface area contributed by atoms with E-state index in [0.717, 1.165) is 36.4 Å². The Morgan fingerprint density at radius 2 is 1.97 bits per heavy atom. The Morgan fingerprint density at radius 3 is 2.69 bits per heavy atom. The van der Waals surface area contributed by atoms with E-state index in [1.807, 2.05) is 29.2 Å². The van der Waals surface area contributed by atoms with E-state index in [0.29, 0.717) is 23.4 Å². The lowest BCUT2D eigenvalue weighted by Gasteiger charge is -2.30. The Kier molecular flexibility index (Phi) is 5.67. The van der Waals surface area contributed by atoms with E-state index < -0.39 is 0 Å². The Balaban J connectivity index is 1.42. The molecule has 1 saturated heterocycles. The minimum Gasteiger partial charge on any atom is -0.497 e. The van der Waals surface area contributed by atoms with Gasteiger partial charge in [-0.2, -0.15) is 4.98 Å². The molecule has 1 N–H and O–H groups in total. The van der Waals surface area contributed by atoms with Gasteiger partial charge in [0.2, 0.25) is 11.7 Å². The molecule has 0 unspecified atom stereocenters. The van der Waals surface area contributed by atoms with E-state index in [2.05, 4.69) is 15.5 Å². The van der Waals surface area contributed by atoms with E-state index in [1.54, 1.807) is 31.4 Å². The van der Waals surface area contributed by atoms with Crippen molar-refractivity contribution in [3.05, 3.63) is 53.6 Å². The van der Waals surface area contributed by atoms with Crippen LogP contribution in [-0.2, 0) is 4.79 Å². The molecule has 0 radical (unpaired) electrons. The summed E-state index contributed by atoms with van der Waals surface area (Å²) in [6, 6.07) is 15.0. The quantitative estimate of drug-likeness (QED) is 0.674. The highest BCUT2D eigenvalue weighted by Crippen LogP contribution is 2.26. The Labute approximate surface area is 173 Å². The maximum atomic E-state index is 12.7. The second kappa shape index (κ2) is 8.53. The van der Waals surface area contributed by atoms with Gasteiger partial charge in [-0.1, -0.05) is 16.8 Å². The molecule has 2 heterocycles. The minimum absolute atomic E-state index is 0.0214. The van der Waals surface area contributed by atoms with Gasteiger partial charge in [0.05, 0.1) is 13.0 Å². The van der Waals surface area contributed by atoms with Gasteiger partial charge >= 0.3 is 6.01 Å². The number of nitrogens with one attached hydrogen (secondary N) is 1. The summed E-state index contributed by atoms with van der Waals surface area (Å²) in [6.45, 7) is 1.30. The third-order valence-corrected chi connectivity index (χ3v) is 5.19. The number of anilines is 2. The molecule has 8 heteroatoms. The van der Waals surface area contributed by atoms with Gasteiger partial charge in [-0.05, 0) is 61.4 Å². The molecule has 3 aromatic rings. The number of amides is 1. The largest absolute Gasteiger partial charge is 0.497 e. The number of piperidine rings is 1. The van der Waals surface area contributed by atoms with Gasteiger partial charge in [0.25, 0.3) is 0 Å². The van der Waals surface area contributed by atoms with Gasteiger partial charge in [0.1, 0.15) is 5.75 Å². The first-order valence-electron chi connectivity index (χ1n) is 9.42. The number of benzene rings is 2. The van der Waals surface area contributed by atoms with Crippen LogP contribution in [-0.4, -0.2) is 36.2 Å². The van der Waals surface area contributed by atoms with Crippen LogP contribution < -0.4 is 15.0 Å². The van der Waals surface area contributed by atoms with Crippen molar-refractivity contribution in [3.8, 4) is 17.1 Å². The van der Waals surface area contributed by atoms with Crippen molar-refractivity contribution < 1.29 is 14.1 Å². The molecule has 1 aliphatic rings. The number of hydrogen-bond acceptors (Lipinski definition) is 6. The number of ether oxygens (including phenoxy) is 1. The average Bonchev–Trinajstić information content (AvgIpc) is 3.26. The van der Waals surface area contributed by atoms with Gasteiger partial charge in [-0.3, -0.25) is 4.79 Å². The summed E-state index contributed by atoms with van der Waals surface area (Å²) >= 11 is 5.90. The smallest absolute Gasteiger partial charge is 0.324 e. The number of nitrogens with zero attached hydrogens (tertiary/aromatic N) is 3. The molecule has 0 saturated carbocycles. The summed E-state index contributed by atoms with van der Waals surface area (Å²) in [5, 5.41) is 7.67. The van der Waals surface area contributed by atoms with E-state index in [-0.39, 0.29) is 11.8 Å². The maximum Gasteiger partial charge on any atom is 0.324 e. The average molecular weight is 413 g/mol. The van der Waals surface area contributed by atoms with Crippen LogP contribution in [0.3, 0.4) is 0 Å². The summed E-state index contributed by atoms with van der Waals surface area (Å²) in [4.78, 5) is 19.1. The second-order valence-electron chi connectivity index (χ2n) is 6.91. The molecule has 1 aromatic heterocycles. The minimum atomic E-state index is -0.157. The molecule has 29 heavy (non-hydrogen) atoms. The fourth-order valence-corrected chi connectivity index (χ4v) is 3.47. The SMILES string of the molecule is COc1ccc(-c2noc(N3CCC[C@H](C(=O)Nc4ccc(Cl)cc4)C3)n2)cc1. The zero-order chi connectivity index (χ0) is 20.2. The third-order valence-electron chi connectivity index (χ3n) is 4.94. The van der Waals surface area contributed by atoms with Gasteiger partial charge in [-0.15, -0.1) is 0 Å². The van der Waals surface area contributed by atoms with Crippen molar-refractivity contribution >= 4 is 29.2 Å². The van der Waals surface area contributed by atoms with Crippen molar-refractivity contribution in [2.45, 2.75) is 12.8 Å². The van der Waals surface area contributed by atoms with E-state index in [4.69, 9.17) is 20.9 Å². The summed E-state index contributed by atoms with van der Waals surface area (Å²) in [6.07, 6.45) is 1.69. The van der Waals surface area contributed by atoms with Crippen LogP contribution in [0, 0.1) is 5.92 Å². The maximum absolute atomic E-state index is 12.7. The Bertz CT molecular complexity index is 972. The molecule has 1 fully saturated rings. The van der Waals surface area contributed by atoms with Crippen molar-refractivity contribution in [3.63, 3.8) is 0 Å². The molecular weight excluding hydrogens is 392 g/mol. The number of carbonyl (C=O) groups is 1. The first-order valence-corrected chi connectivity index (χ1v) is 9.79. The van der Waals surface area contributed by atoms with Gasteiger partial charge in [-0.25, -0.2) is 0 Å². The second-order valence-corrected chi connectivity index (χ2v) is 7.35. The predicted molar refractivity (Wildman–Crippen MR) is 111 cm³/mol.